The number of fused-ring (bicyclic) bond motifs is 2. The van der Waals surface area contributed by atoms with E-state index in [0.29, 0.717) is 17.1 Å². The van der Waals surface area contributed by atoms with E-state index in [0.717, 1.165) is 18.3 Å². The van der Waals surface area contributed by atoms with E-state index in [4.69, 9.17) is 4.74 Å². The summed E-state index contributed by atoms with van der Waals surface area (Å²) in [6.07, 6.45) is 2.57. The van der Waals surface area contributed by atoms with E-state index in [1.54, 1.807) is 12.1 Å². The van der Waals surface area contributed by atoms with Gasteiger partial charge in [-0.05, 0) is 48.1 Å². The van der Waals surface area contributed by atoms with Crippen LogP contribution in [0.2, 0.25) is 0 Å². The number of ether oxygens (including phenoxy) is 1. The van der Waals surface area contributed by atoms with Gasteiger partial charge < -0.3 is 4.74 Å². The van der Waals surface area contributed by atoms with Crippen molar-refractivity contribution in [2.24, 2.45) is 23.2 Å². The Labute approximate surface area is 108 Å². The van der Waals surface area contributed by atoms with E-state index in [1.807, 2.05) is 6.07 Å². The number of para-hydroxylation sites is 1. The van der Waals surface area contributed by atoms with Crippen molar-refractivity contribution in [3.05, 3.63) is 30.1 Å². The van der Waals surface area contributed by atoms with Crippen molar-refractivity contribution in [2.45, 2.75) is 39.7 Å². The summed E-state index contributed by atoms with van der Waals surface area (Å²) in [7, 11) is 0. The van der Waals surface area contributed by atoms with Crippen LogP contribution < -0.4 is 4.74 Å². The lowest BCUT2D eigenvalue weighted by Crippen LogP contribution is -2.57. The summed E-state index contributed by atoms with van der Waals surface area (Å²) < 4.78 is 19.5. The first-order chi connectivity index (χ1) is 8.50. The zero-order chi connectivity index (χ0) is 12.9. The van der Waals surface area contributed by atoms with Crippen LogP contribution >= 0.6 is 0 Å². The summed E-state index contributed by atoms with van der Waals surface area (Å²) >= 11 is 0. The van der Waals surface area contributed by atoms with E-state index in [2.05, 4.69) is 20.8 Å². The van der Waals surface area contributed by atoms with Crippen LogP contribution in [-0.4, -0.2) is 6.10 Å². The van der Waals surface area contributed by atoms with Crippen molar-refractivity contribution in [1.82, 2.24) is 0 Å². The summed E-state index contributed by atoms with van der Waals surface area (Å²) in [6, 6.07) is 6.73. The van der Waals surface area contributed by atoms with Gasteiger partial charge in [0.15, 0.2) is 11.6 Å². The Morgan fingerprint density at radius 3 is 2.56 bits per heavy atom. The number of halogens is 1. The molecule has 0 heterocycles. The normalized spacial score (nSPS) is 36.9. The highest BCUT2D eigenvalue weighted by molar-refractivity contribution is 5.24. The molecule has 0 radical (unpaired) electrons. The molecule has 18 heavy (non-hydrogen) atoms. The minimum absolute atomic E-state index is 0.179. The highest BCUT2D eigenvalue weighted by atomic mass is 19.1. The van der Waals surface area contributed by atoms with Gasteiger partial charge in [0.2, 0.25) is 0 Å². The first kappa shape index (κ1) is 12.0. The van der Waals surface area contributed by atoms with Gasteiger partial charge in [-0.1, -0.05) is 32.9 Å². The number of rotatable bonds is 2. The molecule has 3 aliphatic rings. The van der Waals surface area contributed by atoms with Gasteiger partial charge >= 0.3 is 0 Å². The van der Waals surface area contributed by atoms with Crippen molar-refractivity contribution < 1.29 is 9.13 Å². The molecule has 3 saturated carbocycles. The smallest absolute Gasteiger partial charge is 0.165 e. The van der Waals surface area contributed by atoms with Crippen LogP contribution in [0.25, 0.3) is 0 Å². The summed E-state index contributed by atoms with van der Waals surface area (Å²) in [6.45, 7) is 6.98. The van der Waals surface area contributed by atoms with E-state index in [1.165, 1.54) is 12.5 Å². The molecule has 0 N–H and O–H groups in total. The molecule has 2 heteroatoms. The van der Waals surface area contributed by atoms with Crippen molar-refractivity contribution in [3.63, 3.8) is 0 Å². The third-order valence-electron chi connectivity index (χ3n) is 5.40. The summed E-state index contributed by atoms with van der Waals surface area (Å²) in [5.41, 5.74) is 0.453. The standard InChI is InChI=1S/C16H21FO/c1-10-12-8-11(16(12,2)3)9-15(10)18-14-7-5-4-6-13(14)17/h4-7,10-12,15H,8-9H2,1-3H3/t10-,11+,12-,15+/m0/s1. The van der Waals surface area contributed by atoms with Crippen LogP contribution in [0.1, 0.15) is 33.6 Å². The lowest BCUT2D eigenvalue weighted by atomic mass is 9.45. The summed E-state index contributed by atoms with van der Waals surface area (Å²) in [5.74, 6) is 2.16. The van der Waals surface area contributed by atoms with Gasteiger partial charge in [0.25, 0.3) is 0 Å². The second kappa shape index (κ2) is 3.97. The van der Waals surface area contributed by atoms with Crippen molar-refractivity contribution >= 4 is 0 Å². The van der Waals surface area contributed by atoms with Gasteiger partial charge in [0.05, 0.1) is 0 Å². The van der Waals surface area contributed by atoms with Crippen LogP contribution in [0.3, 0.4) is 0 Å². The first-order valence-corrected chi connectivity index (χ1v) is 6.91. The van der Waals surface area contributed by atoms with Crippen LogP contribution in [0.15, 0.2) is 24.3 Å². The van der Waals surface area contributed by atoms with Crippen LogP contribution in [0.5, 0.6) is 5.75 Å². The molecule has 2 bridgehead atoms. The van der Waals surface area contributed by atoms with Gasteiger partial charge in [-0.15, -0.1) is 0 Å². The molecule has 4 rings (SSSR count). The Kier molecular flexibility index (Phi) is 2.65. The van der Waals surface area contributed by atoms with Crippen LogP contribution in [0, 0.1) is 29.0 Å². The molecule has 0 spiro atoms. The zero-order valence-corrected chi connectivity index (χ0v) is 11.3. The predicted octanol–water partition coefficient (Wildman–Crippen LogP) is 4.28. The monoisotopic (exact) mass is 248 g/mol. The molecule has 0 saturated heterocycles. The second-order valence-electron chi connectivity index (χ2n) is 6.54. The van der Waals surface area contributed by atoms with Gasteiger partial charge in [0.1, 0.15) is 6.10 Å². The van der Waals surface area contributed by atoms with E-state index >= 15 is 0 Å². The Morgan fingerprint density at radius 1 is 1.22 bits per heavy atom. The largest absolute Gasteiger partial charge is 0.487 e. The minimum Gasteiger partial charge on any atom is -0.487 e. The topological polar surface area (TPSA) is 9.23 Å². The highest BCUT2D eigenvalue weighted by Crippen LogP contribution is 2.61. The van der Waals surface area contributed by atoms with E-state index in [-0.39, 0.29) is 11.9 Å². The average molecular weight is 248 g/mol. The number of hydrogen-bond donors (Lipinski definition) is 0. The third-order valence-corrected chi connectivity index (χ3v) is 5.40. The van der Waals surface area contributed by atoms with Crippen molar-refractivity contribution in [1.29, 1.82) is 0 Å². The zero-order valence-electron chi connectivity index (χ0n) is 11.3. The molecule has 0 unspecified atom stereocenters. The van der Waals surface area contributed by atoms with Crippen molar-refractivity contribution in [2.75, 3.05) is 0 Å². The molecule has 1 aromatic rings. The van der Waals surface area contributed by atoms with Gasteiger partial charge in [-0.2, -0.15) is 0 Å². The molecule has 0 aliphatic heterocycles. The first-order valence-electron chi connectivity index (χ1n) is 6.91. The molecular weight excluding hydrogens is 227 g/mol. The maximum atomic E-state index is 13.6. The fraction of sp³-hybridized carbons (Fsp3) is 0.625. The third kappa shape index (κ3) is 1.65. The second-order valence-corrected chi connectivity index (χ2v) is 6.54. The fourth-order valence-electron chi connectivity index (χ4n) is 3.96. The van der Waals surface area contributed by atoms with Gasteiger partial charge in [-0.3, -0.25) is 0 Å². The summed E-state index contributed by atoms with van der Waals surface area (Å²) in [5, 5.41) is 0. The lowest BCUT2D eigenvalue weighted by molar-refractivity contribution is -0.147. The van der Waals surface area contributed by atoms with Crippen molar-refractivity contribution in [3.8, 4) is 5.75 Å². The minimum atomic E-state index is -0.247. The lowest BCUT2D eigenvalue weighted by Gasteiger charge is -2.61. The maximum Gasteiger partial charge on any atom is 0.165 e. The molecule has 3 aliphatic carbocycles. The van der Waals surface area contributed by atoms with Gasteiger partial charge in [-0.25, -0.2) is 4.39 Å². The SMILES string of the molecule is C[C@@H]1[C@H](Oc2ccccc2F)C[C@H]2C[C@@H]1C2(C)C. The number of hydrogen-bond acceptors (Lipinski definition) is 1. The predicted molar refractivity (Wildman–Crippen MR) is 70.0 cm³/mol. The Hall–Kier alpha value is -1.05. The quantitative estimate of drug-likeness (QED) is 0.759. The molecule has 98 valence electrons. The molecule has 1 aromatic carbocycles. The van der Waals surface area contributed by atoms with E-state index < -0.39 is 0 Å². The molecule has 0 amide bonds. The molecule has 1 nitrogen and oxygen atoms in total. The number of benzene rings is 1. The maximum absolute atomic E-state index is 13.6. The Morgan fingerprint density at radius 2 is 1.94 bits per heavy atom. The van der Waals surface area contributed by atoms with Gasteiger partial charge in [0, 0.05) is 0 Å². The highest BCUT2D eigenvalue weighted by Gasteiger charge is 2.57. The molecule has 4 atom stereocenters. The Balaban J connectivity index is 1.75. The Bertz CT molecular complexity index is 454. The van der Waals surface area contributed by atoms with Crippen LogP contribution in [0.4, 0.5) is 4.39 Å². The van der Waals surface area contributed by atoms with Crippen LogP contribution in [-0.2, 0) is 0 Å². The summed E-state index contributed by atoms with van der Waals surface area (Å²) in [4.78, 5) is 0. The molecule has 0 aromatic heterocycles. The molecule has 3 fully saturated rings. The molecular formula is C16H21FO. The fourth-order valence-corrected chi connectivity index (χ4v) is 3.96. The van der Waals surface area contributed by atoms with E-state index in [9.17, 15) is 4.39 Å². The average Bonchev–Trinajstić information content (AvgIpc) is 2.33.